The van der Waals surface area contributed by atoms with Gasteiger partial charge in [-0.15, -0.1) is 0 Å². The number of hydrogen-bond acceptors (Lipinski definition) is 3. The Morgan fingerprint density at radius 3 is 2.54 bits per heavy atom. The number of urea groups is 1. The van der Waals surface area contributed by atoms with Crippen molar-refractivity contribution >= 4 is 6.03 Å². The molecule has 3 unspecified atom stereocenters. The van der Waals surface area contributed by atoms with Crippen LogP contribution in [0.3, 0.4) is 0 Å². The van der Waals surface area contributed by atoms with E-state index in [1.54, 1.807) is 0 Å². The summed E-state index contributed by atoms with van der Waals surface area (Å²) in [7, 11) is 0. The molecule has 1 saturated carbocycles. The molecule has 1 aromatic heterocycles. The Kier molecular flexibility index (Phi) is 6.52. The van der Waals surface area contributed by atoms with Gasteiger partial charge in [-0.2, -0.15) is 0 Å². The maximum absolute atomic E-state index is 12.8. The molecule has 1 saturated heterocycles. The lowest BCUT2D eigenvalue weighted by Crippen LogP contribution is -2.55. The zero-order chi connectivity index (χ0) is 18.5. The molecule has 3 atom stereocenters. The first kappa shape index (κ1) is 19.2. The number of rotatable bonds is 4. The second-order valence-electron chi connectivity index (χ2n) is 8.23. The number of hydrogen-bond donors (Lipinski definition) is 1. The van der Waals surface area contributed by atoms with Crippen LogP contribution in [0.1, 0.15) is 58.1 Å². The van der Waals surface area contributed by atoms with Gasteiger partial charge >= 0.3 is 6.03 Å². The fraction of sp³-hybridized carbons (Fsp3) is 0.714. The van der Waals surface area contributed by atoms with Crippen molar-refractivity contribution in [3.8, 4) is 0 Å². The molecule has 3 rings (SSSR count). The number of carbonyl (C=O) groups is 1. The molecule has 0 radical (unpaired) electrons. The van der Waals surface area contributed by atoms with E-state index in [2.05, 4.69) is 42.0 Å². The normalized spacial score (nSPS) is 25.9. The minimum Gasteiger partial charge on any atom is -0.335 e. The minimum absolute atomic E-state index is 0.135. The summed E-state index contributed by atoms with van der Waals surface area (Å²) < 4.78 is 0. The molecule has 1 aromatic rings. The lowest BCUT2D eigenvalue weighted by molar-refractivity contribution is 0.107. The summed E-state index contributed by atoms with van der Waals surface area (Å²) in [6.45, 7) is 10.2. The molecule has 0 bridgehead atoms. The molecule has 0 aromatic carbocycles. The summed E-state index contributed by atoms with van der Waals surface area (Å²) in [4.78, 5) is 21.4. The first-order valence-electron chi connectivity index (χ1n) is 10.3. The molecule has 2 aliphatic rings. The van der Waals surface area contributed by atoms with E-state index in [0.29, 0.717) is 23.9 Å². The van der Waals surface area contributed by atoms with Gasteiger partial charge in [-0.25, -0.2) is 4.79 Å². The van der Waals surface area contributed by atoms with Gasteiger partial charge in [0, 0.05) is 50.7 Å². The fourth-order valence-corrected chi connectivity index (χ4v) is 4.53. The summed E-state index contributed by atoms with van der Waals surface area (Å²) in [6, 6.07) is 4.95. The molecule has 5 heteroatoms. The van der Waals surface area contributed by atoms with Gasteiger partial charge in [0.05, 0.1) is 0 Å². The van der Waals surface area contributed by atoms with E-state index in [4.69, 9.17) is 0 Å². The summed E-state index contributed by atoms with van der Waals surface area (Å²) in [5.74, 6) is 1.26. The van der Waals surface area contributed by atoms with Crippen LogP contribution >= 0.6 is 0 Å². The Morgan fingerprint density at radius 1 is 1.15 bits per heavy atom. The van der Waals surface area contributed by atoms with Gasteiger partial charge in [0.1, 0.15) is 0 Å². The molecule has 2 fully saturated rings. The smallest absolute Gasteiger partial charge is 0.317 e. The van der Waals surface area contributed by atoms with Crippen LogP contribution in [0.5, 0.6) is 0 Å². The minimum atomic E-state index is 0.135. The number of pyridine rings is 1. The molecule has 26 heavy (non-hydrogen) atoms. The molecule has 2 amide bonds. The zero-order valence-corrected chi connectivity index (χ0v) is 16.5. The molecular weight excluding hydrogens is 324 g/mol. The van der Waals surface area contributed by atoms with Crippen LogP contribution in [-0.4, -0.2) is 53.0 Å². The number of amides is 2. The average molecular weight is 359 g/mol. The maximum Gasteiger partial charge on any atom is 0.317 e. The van der Waals surface area contributed by atoms with E-state index in [-0.39, 0.29) is 6.03 Å². The van der Waals surface area contributed by atoms with Crippen molar-refractivity contribution in [3.63, 3.8) is 0 Å². The van der Waals surface area contributed by atoms with Crippen molar-refractivity contribution in [1.29, 1.82) is 0 Å². The van der Waals surface area contributed by atoms with Crippen LogP contribution in [0.25, 0.3) is 0 Å². The van der Waals surface area contributed by atoms with Gasteiger partial charge in [0.2, 0.25) is 0 Å². The third-order valence-electron chi connectivity index (χ3n) is 6.30. The molecule has 2 heterocycles. The summed E-state index contributed by atoms with van der Waals surface area (Å²) in [6.07, 6.45) is 8.68. The van der Waals surface area contributed by atoms with Crippen LogP contribution < -0.4 is 5.32 Å². The highest BCUT2D eigenvalue weighted by atomic mass is 16.2. The van der Waals surface area contributed by atoms with E-state index >= 15 is 0 Å². The van der Waals surface area contributed by atoms with Crippen molar-refractivity contribution in [2.45, 2.75) is 58.5 Å². The Bertz CT molecular complexity index is 569. The number of nitrogens with zero attached hydrogens (tertiary/aromatic N) is 3. The monoisotopic (exact) mass is 358 g/mol. The topological polar surface area (TPSA) is 48.5 Å². The molecule has 144 valence electrons. The lowest BCUT2D eigenvalue weighted by Gasteiger charge is -2.40. The van der Waals surface area contributed by atoms with Crippen molar-refractivity contribution in [3.05, 3.63) is 30.1 Å². The first-order chi connectivity index (χ1) is 12.6. The van der Waals surface area contributed by atoms with E-state index in [1.165, 1.54) is 24.8 Å². The molecule has 1 N–H and O–H groups in total. The molecular formula is C21H34N4O. The molecule has 1 aliphatic heterocycles. The fourth-order valence-electron chi connectivity index (χ4n) is 4.53. The van der Waals surface area contributed by atoms with E-state index in [1.807, 2.05) is 23.4 Å². The largest absolute Gasteiger partial charge is 0.335 e. The second kappa shape index (κ2) is 8.85. The standard InChI is InChI=1S/C21H34N4O/c1-16(2)19-8-4-5-9-20(19)23-21(26)25-13-11-24(12-14-25)17(3)18-7-6-10-22-15-18/h6-7,10,15-17,19-20H,4-5,8-9,11-14H2,1-3H3,(H,23,26). The molecule has 1 aliphatic carbocycles. The van der Waals surface area contributed by atoms with Crippen molar-refractivity contribution in [1.82, 2.24) is 20.1 Å². The highest BCUT2D eigenvalue weighted by Gasteiger charge is 2.31. The SMILES string of the molecule is CC(C)C1CCCCC1NC(=O)N1CCN(C(C)c2cccnc2)CC1. The molecule has 0 spiro atoms. The Balaban J connectivity index is 1.50. The second-order valence-corrected chi connectivity index (χ2v) is 8.23. The van der Waals surface area contributed by atoms with Crippen molar-refractivity contribution in [2.24, 2.45) is 11.8 Å². The third-order valence-corrected chi connectivity index (χ3v) is 6.30. The average Bonchev–Trinajstić information content (AvgIpc) is 2.68. The Hall–Kier alpha value is -1.62. The highest BCUT2D eigenvalue weighted by Crippen LogP contribution is 2.30. The van der Waals surface area contributed by atoms with Crippen molar-refractivity contribution < 1.29 is 4.79 Å². The van der Waals surface area contributed by atoms with Crippen LogP contribution in [0, 0.1) is 11.8 Å². The van der Waals surface area contributed by atoms with E-state index < -0.39 is 0 Å². The summed E-state index contributed by atoms with van der Waals surface area (Å²) in [5.41, 5.74) is 1.24. The van der Waals surface area contributed by atoms with Crippen LogP contribution in [0.2, 0.25) is 0 Å². The van der Waals surface area contributed by atoms with Gasteiger partial charge in [-0.05, 0) is 43.2 Å². The number of piperazine rings is 1. The maximum atomic E-state index is 12.8. The Morgan fingerprint density at radius 2 is 1.88 bits per heavy atom. The van der Waals surface area contributed by atoms with Crippen LogP contribution in [0.4, 0.5) is 4.79 Å². The van der Waals surface area contributed by atoms with Crippen LogP contribution in [-0.2, 0) is 0 Å². The zero-order valence-electron chi connectivity index (χ0n) is 16.5. The van der Waals surface area contributed by atoms with Gasteiger partial charge in [0.15, 0.2) is 0 Å². The first-order valence-corrected chi connectivity index (χ1v) is 10.3. The predicted molar refractivity (Wildman–Crippen MR) is 105 cm³/mol. The number of aromatic nitrogens is 1. The van der Waals surface area contributed by atoms with Gasteiger partial charge in [0.25, 0.3) is 0 Å². The predicted octanol–water partition coefficient (Wildman–Crippen LogP) is 3.68. The van der Waals surface area contributed by atoms with Gasteiger partial charge in [-0.1, -0.05) is 32.8 Å². The van der Waals surface area contributed by atoms with Gasteiger partial charge < -0.3 is 10.2 Å². The third kappa shape index (κ3) is 4.56. The number of carbonyl (C=O) groups excluding carboxylic acids is 1. The molecule has 5 nitrogen and oxygen atoms in total. The highest BCUT2D eigenvalue weighted by molar-refractivity contribution is 5.74. The summed E-state index contributed by atoms with van der Waals surface area (Å²) in [5, 5.41) is 3.35. The van der Waals surface area contributed by atoms with Gasteiger partial charge in [-0.3, -0.25) is 9.88 Å². The quantitative estimate of drug-likeness (QED) is 0.893. The van der Waals surface area contributed by atoms with E-state index in [0.717, 1.165) is 32.6 Å². The lowest BCUT2D eigenvalue weighted by atomic mass is 9.78. The Labute approximate surface area is 158 Å². The number of nitrogens with one attached hydrogen (secondary N) is 1. The van der Waals surface area contributed by atoms with E-state index in [9.17, 15) is 4.79 Å². The van der Waals surface area contributed by atoms with Crippen LogP contribution in [0.15, 0.2) is 24.5 Å². The van der Waals surface area contributed by atoms with Crippen molar-refractivity contribution in [2.75, 3.05) is 26.2 Å². The summed E-state index contributed by atoms with van der Waals surface area (Å²) >= 11 is 0.